The first kappa shape index (κ1) is 18.4. The van der Waals surface area contributed by atoms with Crippen LogP contribution in [0.2, 0.25) is 0 Å². The summed E-state index contributed by atoms with van der Waals surface area (Å²) in [6.07, 6.45) is 8.05. The number of rotatable bonds is 6. The fourth-order valence-corrected chi connectivity index (χ4v) is 1.42. The van der Waals surface area contributed by atoms with Crippen molar-refractivity contribution in [3.05, 3.63) is 24.3 Å². The summed E-state index contributed by atoms with van der Waals surface area (Å²) in [5.74, 6) is -0.692. The lowest BCUT2D eigenvalue weighted by molar-refractivity contribution is -0.148. The van der Waals surface area contributed by atoms with Crippen LogP contribution in [-0.4, -0.2) is 24.6 Å². The van der Waals surface area contributed by atoms with Gasteiger partial charge in [-0.3, -0.25) is 0 Å². The van der Waals surface area contributed by atoms with Gasteiger partial charge in [0.2, 0.25) is 0 Å². The van der Waals surface area contributed by atoms with Gasteiger partial charge in [0.25, 0.3) is 0 Å². The molecule has 0 rings (SSSR count). The molecular weight excluding hydrogens is 256 g/mol. The minimum atomic E-state index is -0.477. The average molecular weight is 282 g/mol. The Hall–Kier alpha value is -1.58. The van der Waals surface area contributed by atoms with Gasteiger partial charge in [0.15, 0.2) is 0 Å². The van der Waals surface area contributed by atoms with E-state index in [4.69, 9.17) is 4.74 Å². The van der Waals surface area contributed by atoms with Gasteiger partial charge in [-0.1, -0.05) is 26.0 Å². The van der Waals surface area contributed by atoms with E-state index in [2.05, 4.69) is 4.74 Å². The third-order valence-electron chi connectivity index (χ3n) is 2.49. The van der Waals surface area contributed by atoms with Gasteiger partial charge in [0, 0.05) is 12.2 Å². The van der Waals surface area contributed by atoms with E-state index in [-0.39, 0.29) is 17.4 Å². The Bertz CT molecular complexity index is 384. The molecule has 0 saturated heterocycles. The Kier molecular flexibility index (Phi) is 7.25. The molecule has 4 heteroatoms. The van der Waals surface area contributed by atoms with Crippen molar-refractivity contribution in [2.75, 3.05) is 7.11 Å². The Morgan fingerprint density at radius 2 is 1.60 bits per heavy atom. The van der Waals surface area contributed by atoms with Gasteiger partial charge >= 0.3 is 11.9 Å². The molecule has 0 aromatic carbocycles. The highest BCUT2D eigenvalue weighted by atomic mass is 16.6. The molecule has 0 saturated carbocycles. The van der Waals surface area contributed by atoms with Crippen molar-refractivity contribution in [3.8, 4) is 0 Å². The molecule has 0 spiro atoms. The molecule has 114 valence electrons. The number of ether oxygens (including phenoxy) is 2. The van der Waals surface area contributed by atoms with Gasteiger partial charge in [0.1, 0.15) is 5.60 Å². The van der Waals surface area contributed by atoms with Crippen molar-refractivity contribution < 1.29 is 19.1 Å². The van der Waals surface area contributed by atoms with Crippen LogP contribution in [0.25, 0.3) is 0 Å². The van der Waals surface area contributed by atoms with Gasteiger partial charge in [0.05, 0.1) is 7.11 Å². The Morgan fingerprint density at radius 3 is 2.10 bits per heavy atom. The zero-order valence-electron chi connectivity index (χ0n) is 13.4. The first-order valence-electron chi connectivity index (χ1n) is 6.72. The second-order valence-corrected chi connectivity index (χ2v) is 6.32. The Labute approximate surface area is 121 Å². The lowest BCUT2D eigenvalue weighted by Crippen LogP contribution is -2.23. The third-order valence-corrected chi connectivity index (χ3v) is 2.49. The van der Waals surface area contributed by atoms with Crippen LogP contribution in [0.15, 0.2) is 24.3 Å². The quantitative estimate of drug-likeness (QED) is 0.553. The predicted molar refractivity (Wildman–Crippen MR) is 79.2 cm³/mol. The second-order valence-electron chi connectivity index (χ2n) is 6.32. The van der Waals surface area contributed by atoms with Gasteiger partial charge in [-0.15, -0.1) is 0 Å². The number of methoxy groups -OCH3 is 1. The third kappa shape index (κ3) is 10.4. The van der Waals surface area contributed by atoms with Crippen LogP contribution in [0.1, 0.15) is 47.5 Å². The molecule has 0 atom stereocenters. The summed E-state index contributed by atoms with van der Waals surface area (Å²) in [6.45, 7) is 9.56. The van der Waals surface area contributed by atoms with Crippen LogP contribution >= 0.6 is 0 Å². The summed E-state index contributed by atoms with van der Waals surface area (Å²) in [7, 11) is 1.35. The van der Waals surface area contributed by atoms with Crippen LogP contribution in [0, 0.1) is 5.41 Å². The van der Waals surface area contributed by atoms with Gasteiger partial charge < -0.3 is 9.47 Å². The molecule has 0 aliphatic heterocycles. The smallest absolute Gasteiger partial charge is 0.330 e. The number of esters is 2. The van der Waals surface area contributed by atoms with E-state index in [0.717, 1.165) is 12.8 Å². The fraction of sp³-hybridized carbons (Fsp3) is 0.625. The molecule has 0 amide bonds. The first-order valence-corrected chi connectivity index (χ1v) is 6.72. The highest BCUT2D eigenvalue weighted by molar-refractivity contribution is 5.82. The maximum absolute atomic E-state index is 11.6. The molecule has 0 N–H and O–H groups in total. The zero-order valence-corrected chi connectivity index (χ0v) is 13.4. The van der Waals surface area contributed by atoms with E-state index >= 15 is 0 Å². The minimum Gasteiger partial charge on any atom is -0.466 e. The molecule has 0 aromatic rings. The van der Waals surface area contributed by atoms with E-state index in [9.17, 15) is 9.59 Å². The maximum Gasteiger partial charge on any atom is 0.330 e. The summed E-state index contributed by atoms with van der Waals surface area (Å²) in [6, 6.07) is 0. The van der Waals surface area contributed by atoms with Crippen molar-refractivity contribution in [3.63, 3.8) is 0 Å². The summed E-state index contributed by atoms with van der Waals surface area (Å²) in [5, 5.41) is 0. The average Bonchev–Trinajstić information content (AvgIpc) is 2.30. The summed E-state index contributed by atoms with van der Waals surface area (Å²) in [5.41, 5.74) is -0.619. The molecule has 0 fully saturated rings. The molecule has 4 nitrogen and oxygen atoms in total. The van der Waals surface area contributed by atoms with Crippen molar-refractivity contribution in [1.29, 1.82) is 0 Å². The lowest BCUT2D eigenvalue weighted by Gasteiger charge is -2.21. The minimum absolute atomic E-state index is 0.142. The topological polar surface area (TPSA) is 52.6 Å². The number of carbonyl (C=O) groups is 2. The fourth-order valence-electron chi connectivity index (χ4n) is 1.42. The van der Waals surface area contributed by atoms with Crippen LogP contribution in [0.5, 0.6) is 0 Å². The monoisotopic (exact) mass is 282 g/mol. The van der Waals surface area contributed by atoms with E-state index in [1.807, 2.05) is 40.7 Å². The maximum atomic E-state index is 11.6. The van der Waals surface area contributed by atoms with Crippen LogP contribution in [0.3, 0.4) is 0 Å². The Balaban J connectivity index is 4.27. The SMILES string of the molecule is COC(=O)/C=C/CCC(C)(C)/C=C/C(=O)OC(C)(C)C. The molecule has 0 aliphatic rings. The number of carbonyl (C=O) groups excluding carboxylic acids is 2. The summed E-state index contributed by atoms with van der Waals surface area (Å²) in [4.78, 5) is 22.5. The van der Waals surface area contributed by atoms with Crippen molar-refractivity contribution in [1.82, 2.24) is 0 Å². The van der Waals surface area contributed by atoms with Crippen molar-refractivity contribution >= 4 is 11.9 Å². The second kappa shape index (κ2) is 7.88. The molecule has 0 aromatic heterocycles. The first-order chi connectivity index (χ1) is 9.06. The van der Waals surface area contributed by atoms with E-state index in [0.29, 0.717) is 0 Å². The molecule has 0 bridgehead atoms. The van der Waals surface area contributed by atoms with Crippen molar-refractivity contribution in [2.45, 2.75) is 53.1 Å². The van der Waals surface area contributed by atoms with E-state index < -0.39 is 5.60 Å². The van der Waals surface area contributed by atoms with Crippen LogP contribution in [0.4, 0.5) is 0 Å². The molecule has 0 aliphatic carbocycles. The predicted octanol–water partition coefficient (Wildman–Crippen LogP) is 3.42. The molecule has 20 heavy (non-hydrogen) atoms. The van der Waals surface area contributed by atoms with E-state index in [1.54, 1.807) is 6.08 Å². The lowest BCUT2D eigenvalue weighted by atomic mass is 9.87. The van der Waals surface area contributed by atoms with Gasteiger partial charge in [-0.05, 0) is 39.0 Å². The molecular formula is C16H26O4. The zero-order chi connectivity index (χ0) is 15.8. The van der Waals surface area contributed by atoms with Gasteiger partial charge in [-0.2, -0.15) is 0 Å². The Morgan fingerprint density at radius 1 is 1.00 bits per heavy atom. The molecule has 0 unspecified atom stereocenters. The van der Waals surface area contributed by atoms with Crippen LogP contribution in [-0.2, 0) is 19.1 Å². The summed E-state index contributed by atoms with van der Waals surface area (Å²) < 4.78 is 9.71. The molecule has 0 heterocycles. The number of allylic oxidation sites excluding steroid dienone is 2. The van der Waals surface area contributed by atoms with Crippen LogP contribution < -0.4 is 0 Å². The van der Waals surface area contributed by atoms with Gasteiger partial charge in [-0.25, -0.2) is 9.59 Å². The number of hydrogen-bond donors (Lipinski definition) is 0. The highest BCUT2D eigenvalue weighted by Gasteiger charge is 2.17. The largest absolute Gasteiger partial charge is 0.466 e. The molecule has 0 radical (unpaired) electrons. The standard InChI is InChI=1S/C16H26O4/c1-15(2,3)20-14(18)10-12-16(4,5)11-8-7-9-13(17)19-6/h7,9-10,12H,8,11H2,1-6H3/b9-7+,12-10+. The number of hydrogen-bond acceptors (Lipinski definition) is 4. The summed E-state index contributed by atoms with van der Waals surface area (Å²) >= 11 is 0. The van der Waals surface area contributed by atoms with E-state index in [1.165, 1.54) is 19.3 Å². The van der Waals surface area contributed by atoms with Crippen molar-refractivity contribution in [2.24, 2.45) is 5.41 Å². The normalized spacial score (nSPS) is 12.9. The highest BCUT2D eigenvalue weighted by Crippen LogP contribution is 2.24.